The van der Waals surface area contributed by atoms with Crippen LogP contribution in [0.1, 0.15) is 56.3 Å². The monoisotopic (exact) mass is 487 g/mol. The Labute approximate surface area is 206 Å². The normalized spacial score (nSPS) is 13.4. The third kappa shape index (κ3) is 4.52. The second-order valence-electron chi connectivity index (χ2n) is 8.40. The summed E-state index contributed by atoms with van der Waals surface area (Å²) in [6, 6.07) is 9.29. The van der Waals surface area contributed by atoms with E-state index in [2.05, 4.69) is 20.3 Å². The molecule has 1 aliphatic rings. The van der Waals surface area contributed by atoms with Gasteiger partial charge in [-0.15, -0.1) is 0 Å². The molecule has 182 valence electrons. The van der Waals surface area contributed by atoms with Crippen LogP contribution in [0.25, 0.3) is 0 Å². The molecule has 0 fully saturated rings. The largest absolute Gasteiger partial charge is 0.487 e. The standard InChI is InChI=1S/C26H22FN5O4/c1-15-9-21(30-11-22(15)35-13-17-3-5-18(27)6-4-17)16(2)32-12-20-19(26(32)34)7-8-29-24(20)31-25(33)23-10-28-14-36-23/h3-11,14,16H,12-13H2,1-2H3,(H,29,31,33). The Morgan fingerprint density at radius 1 is 1.22 bits per heavy atom. The lowest BCUT2D eigenvalue weighted by Gasteiger charge is -2.24. The van der Waals surface area contributed by atoms with Gasteiger partial charge >= 0.3 is 0 Å². The minimum atomic E-state index is -0.499. The summed E-state index contributed by atoms with van der Waals surface area (Å²) in [6.45, 7) is 4.34. The number of hydrogen-bond donors (Lipinski definition) is 1. The number of amides is 2. The van der Waals surface area contributed by atoms with E-state index in [1.807, 2.05) is 19.9 Å². The summed E-state index contributed by atoms with van der Waals surface area (Å²) >= 11 is 0. The van der Waals surface area contributed by atoms with Gasteiger partial charge in [0.15, 0.2) is 6.39 Å². The highest BCUT2D eigenvalue weighted by Crippen LogP contribution is 2.34. The number of hydrogen-bond acceptors (Lipinski definition) is 7. The van der Waals surface area contributed by atoms with E-state index >= 15 is 0 Å². The van der Waals surface area contributed by atoms with Crippen LogP contribution in [-0.2, 0) is 13.2 Å². The number of carbonyl (C=O) groups is 2. The van der Waals surface area contributed by atoms with E-state index in [0.29, 0.717) is 28.4 Å². The third-order valence-electron chi connectivity index (χ3n) is 6.05. The minimum absolute atomic E-state index is 0.0466. The van der Waals surface area contributed by atoms with Crippen LogP contribution in [-0.4, -0.2) is 31.7 Å². The molecule has 0 aliphatic carbocycles. The molecule has 5 rings (SSSR count). The molecule has 1 atom stereocenters. The topological polar surface area (TPSA) is 110 Å². The van der Waals surface area contributed by atoms with E-state index in [9.17, 15) is 14.0 Å². The number of fused-ring (bicyclic) bond motifs is 1. The molecule has 4 heterocycles. The van der Waals surface area contributed by atoms with E-state index in [1.165, 1.54) is 30.9 Å². The van der Waals surface area contributed by atoms with Crippen LogP contribution >= 0.6 is 0 Å². The fraction of sp³-hybridized carbons (Fsp3) is 0.192. The molecule has 9 nitrogen and oxygen atoms in total. The Bertz CT molecular complexity index is 1420. The van der Waals surface area contributed by atoms with Gasteiger partial charge in [-0.05, 0) is 49.2 Å². The number of nitrogens with one attached hydrogen (secondary N) is 1. The molecule has 0 bridgehead atoms. The molecule has 0 saturated heterocycles. The number of benzene rings is 1. The van der Waals surface area contributed by atoms with Crippen molar-refractivity contribution in [1.29, 1.82) is 0 Å². The summed E-state index contributed by atoms with van der Waals surface area (Å²) in [5, 5.41) is 2.70. The first-order valence-corrected chi connectivity index (χ1v) is 11.2. The lowest BCUT2D eigenvalue weighted by Crippen LogP contribution is -2.28. The molecular weight excluding hydrogens is 465 g/mol. The molecule has 0 radical (unpaired) electrons. The number of rotatable bonds is 7. The zero-order valence-corrected chi connectivity index (χ0v) is 19.6. The van der Waals surface area contributed by atoms with E-state index < -0.39 is 5.91 Å². The number of carbonyl (C=O) groups excluding carboxylic acids is 2. The molecule has 1 N–H and O–H groups in total. The number of anilines is 1. The van der Waals surface area contributed by atoms with Crippen molar-refractivity contribution in [3.8, 4) is 5.75 Å². The van der Waals surface area contributed by atoms with Gasteiger partial charge in [0.25, 0.3) is 11.8 Å². The van der Waals surface area contributed by atoms with Crippen molar-refractivity contribution < 1.29 is 23.1 Å². The highest BCUT2D eigenvalue weighted by atomic mass is 19.1. The Hall–Kier alpha value is -4.60. The molecule has 10 heteroatoms. The van der Waals surface area contributed by atoms with Gasteiger partial charge in [-0.25, -0.2) is 14.4 Å². The molecule has 1 aliphatic heterocycles. The summed E-state index contributed by atoms with van der Waals surface area (Å²) < 4.78 is 24.0. The van der Waals surface area contributed by atoms with Crippen LogP contribution in [0.3, 0.4) is 0 Å². The lowest BCUT2D eigenvalue weighted by atomic mass is 10.1. The van der Waals surface area contributed by atoms with E-state index in [1.54, 1.807) is 29.3 Å². The number of halogens is 1. The average Bonchev–Trinajstić information content (AvgIpc) is 3.53. The second-order valence-corrected chi connectivity index (χ2v) is 8.40. The van der Waals surface area contributed by atoms with Crippen LogP contribution in [0.4, 0.5) is 10.2 Å². The van der Waals surface area contributed by atoms with Crippen molar-refractivity contribution in [2.24, 2.45) is 0 Å². The smallest absolute Gasteiger partial charge is 0.294 e. The van der Waals surface area contributed by atoms with Crippen molar-refractivity contribution in [3.05, 3.63) is 101 Å². The van der Waals surface area contributed by atoms with Crippen LogP contribution in [0.15, 0.2) is 65.8 Å². The number of oxazole rings is 1. The number of aromatic nitrogens is 3. The molecule has 2 amide bonds. The third-order valence-corrected chi connectivity index (χ3v) is 6.05. The summed E-state index contributed by atoms with van der Waals surface area (Å²) in [7, 11) is 0. The molecule has 4 aromatic rings. The highest BCUT2D eigenvalue weighted by Gasteiger charge is 2.34. The quantitative estimate of drug-likeness (QED) is 0.410. The van der Waals surface area contributed by atoms with Gasteiger partial charge in [-0.3, -0.25) is 14.6 Å². The molecule has 36 heavy (non-hydrogen) atoms. The summed E-state index contributed by atoms with van der Waals surface area (Å²) in [4.78, 5) is 39.8. The maximum Gasteiger partial charge on any atom is 0.294 e. The van der Waals surface area contributed by atoms with E-state index in [-0.39, 0.29) is 36.7 Å². The van der Waals surface area contributed by atoms with Crippen LogP contribution in [0.5, 0.6) is 5.75 Å². The van der Waals surface area contributed by atoms with Gasteiger partial charge in [-0.2, -0.15) is 0 Å². The maximum atomic E-state index is 13.2. The van der Waals surface area contributed by atoms with Gasteiger partial charge in [0.2, 0.25) is 5.76 Å². The first-order valence-electron chi connectivity index (χ1n) is 11.2. The van der Waals surface area contributed by atoms with E-state index in [0.717, 1.165) is 11.1 Å². The number of nitrogens with zero attached hydrogens (tertiary/aromatic N) is 4. The predicted molar refractivity (Wildman–Crippen MR) is 127 cm³/mol. The Balaban J connectivity index is 1.30. The fourth-order valence-corrected chi connectivity index (χ4v) is 4.01. The second kappa shape index (κ2) is 9.57. The number of pyridine rings is 2. The van der Waals surface area contributed by atoms with Crippen LogP contribution in [0.2, 0.25) is 0 Å². The van der Waals surface area contributed by atoms with Gasteiger partial charge in [0.05, 0.1) is 30.7 Å². The number of ether oxygens (including phenoxy) is 1. The zero-order chi connectivity index (χ0) is 25.2. The van der Waals surface area contributed by atoms with Crippen molar-refractivity contribution in [2.45, 2.75) is 33.0 Å². The van der Waals surface area contributed by atoms with Gasteiger partial charge in [-0.1, -0.05) is 12.1 Å². The van der Waals surface area contributed by atoms with E-state index in [4.69, 9.17) is 9.15 Å². The number of aryl methyl sites for hydroxylation is 1. The summed E-state index contributed by atoms with van der Waals surface area (Å²) in [6.07, 6.45) is 5.58. The Kier molecular flexibility index (Phi) is 6.16. The first-order chi connectivity index (χ1) is 17.4. The van der Waals surface area contributed by atoms with Crippen molar-refractivity contribution in [2.75, 3.05) is 5.32 Å². The van der Waals surface area contributed by atoms with Gasteiger partial charge < -0.3 is 19.4 Å². The van der Waals surface area contributed by atoms with Gasteiger partial charge in [0.1, 0.15) is 24.0 Å². The first kappa shape index (κ1) is 23.2. The molecule has 3 aromatic heterocycles. The van der Waals surface area contributed by atoms with Crippen LogP contribution < -0.4 is 10.1 Å². The van der Waals surface area contributed by atoms with Crippen molar-refractivity contribution >= 4 is 17.6 Å². The maximum absolute atomic E-state index is 13.2. The summed E-state index contributed by atoms with van der Waals surface area (Å²) in [5.41, 5.74) is 3.50. The molecular formula is C26H22FN5O4. The predicted octanol–water partition coefficient (Wildman–Crippen LogP) is 4.46. The summed E-state index contributed by atoms with van der Waals surface area (Å²) in [5.74, 6) is -0.0235. The molecule has 1 unspecified atom stereocenters. The van der Waals surface area contributed by atoms with Gasteiger partial charge in [0, 0.05) is 17.3 Å². The van der Waals surface area contributed by atoms with Crippen LogP contribution in [0, 0.1) is 12.7 Å². The van der Waals surface area contributed by atoms with Crippen molar-refractivity contribution in [3.63, 3.8) is 0 Å². The highest BCUT2D eigenvalue weighted by molar-refractivity contribution is 6.05. The fourth-order valence-electron chi connectivity index (χ4n) is 4.01. The lowest BCUT2D eigenvalue weighted by molar-refractivity contribution is 0.0712. The Morgan fingerprint density at radius 2 is 2.03 bits per heavy atom. The molecule has 1 aromatic carbocycles. The molecule has 0 saturated carbocycles. The zero-order valence-electron chi connectivity index (χ0n) is 19.6. The molecule has 0 spiro atoms. The van der Waals surface area contributed by atoms with Crippen molar-refractivity contribution in [1.82, 2.24) is 19.9 Å². The minimum Gasteiger partial charge on any atom is -0.487 e. The average molecular weight is 487 g/mol. The Morgan fingerprint density at radius 3 is 2.75 bits per heavy atom. The SMILES string of the molecule is Cc1cc(C(C)N2Cc3c(ccnc3NC(=O)c3cnco3)C2=O)ncc1OCc1ccc(F)cc1.